The number of aliphatic hydroxyl groups is 1. The molecule has 16 heavy (non-hydrogen) atoms. The summed E-state index contributed by atoms with van der Waals surface area (Å²) in [5.74, 6) is -0.506. The minimum absolute atomic E-state index is 0.106. The lowest BCUT2D eigenvalue weighted by atomic mass is 10.2. The van der Waals surface area contributed by atoms with Crippen LogP contribution in [0.3, 0.4) is 0 Å². The molecule has 0 aromatic carbocycles. The molecule has 0 aliphatic heterocycles. The van der Waals surface area contributed by atoms with Gasteiger partial charge in [0, 0.05) is 11.6 Å². The highest BCUT2D eigenvalue weighted by Crippen LogP contribution is 2.28. The summed E-state index contributed by atoms with van der Waals surface area (Å²) in [6.07, 6.45) is -4.80. The lowest BCUT2D eigenvalue weighted by Gasteiger charge is -2.13. The van der Waals surface area contributed by atoms with Crippen LogP contribution in [-0.2, 0) is 6.61 Å². The molecule has 0 aliphatic carbocycles. The summed E-state index contributed by atoms with van der Waals surface area (Å²) in [7, 11) is 1.28. The van der Waals surface area contributed by atoms with Crippen LogP contribution in [0.1, 0.15) is 11.3 Å². The second-order valence-electron chi connectivity index (χ2n) is 2.93. The summed E-state index contributed by atoms with van der Waals surface area (Å²) in [6, 6.07) is 0.978. The summed E-state index contributed by atoms with van der Waals surface area (Å²) < 4.78 is 44.3. The molecule has 1 aromatic rings. The number of aromatic nitrogens is 1. The van der Waals surface area contributed by atoms with Gasteiger partial charge in [-0.05, 0) is 6.92 Å². The van der Waals surface area contributed by atoms with Gasteiger partial charge in [0.1, 0.15) is 5.75 Å². The zero-order valence-corrected chi connectivity index (χ0v) is 8.63. The lowest BCUT2D eigenvalue weighted by molar-refractivity contribution is -0.276. The highest BCUT2D eigenvalue weighted by atomic mass is 19.4. The van der Waals surface area contributed by atoms with Crippen molar-refractivity contribution in [2.24, 2.45) is 0 Å². The number of aliphatic hydroxyl groups excluding tert-OH is 1. The Morgan fingerprint density at radius 3 is 2.50 bits per heavy atom. The predicted molar refractivity (Wildman–Crippen MR) is 48.1 cm³/mol. The van der Waals surface area contributed by atoms with E-state index in [4.69, 9.17) is 9.84 Å². The van der Waals surface area contributed by atoms with E-state index < -0.39 is 12.2 Å². The number of hydrogen-bond acceptors (Lipinski definition) is 4. The molecule has 0 atom stereocenters. The molecule has 0 saturated carbocycles. The van der Waals surface area contributed by atoms with E-state index in [0.717, 1.165) is 6.07 Å². The van der Waals surface area contributed by atoms with Crippen LogP contribution in [0.5, 0.6) is 11.6 Å². The van der Waals surface area contributed by atoms with Gasteiger partial charge in [0.15, 0.2) is 0 Å². The average molecular weight is 237 g/mol. The summed E-state index contributed by atoms with van der Waals surface area (Å²) in [5.41, 5.74) is 0.554. The van der Waals surface area contributed by atoms with Crippen molar-refractivity contribution in [3.05, 3.63) is 17.3 Å². The Morgan fingerprint density at radius 1 is 1.44 bits per heavy atom. The first-order chi connectivity index (χ1) is 7.37. The molecule has 1 aromatic heterocycles. The van der Waals surface area contributed by atoms with E-state index in [-0.39, 0.29) is 18.1 Å². The predicted octanol–water partition coefficient (Wildman–Crippen LogP) is 1.79. The van der Waals surface area contributed by atoms with E-state index >= 15 is 0 Å². The average Bonchev–Trinajstić information content (AvgIpc) is 2.14. The minimum Gasteiger partial charge on any atom is -0.496 e. The molecule has 0 unspecified atom stereocenters. The maximum absolute atomic E-state index is 11.9. The van der Waals surface area contributed by atoms with E-state index in [0.29, 0.717) is 5.56 Å². The van der Waals surface area contributed by atoms with E-state index in [2.05, 4.69) is 9.72 Å². The SMILES string of the molecule is COc1cc(OC(F)(F)F)nc(C)c1CO. The molecule has 1 N–H and O–H groups in total. The molecule has 7 heteroatoms. The van der Waals surface area contributed by atoms with Gasteiger partial charge in [-0.15, -0.1) is 13.2 Å². The van der Waals surface area contributed by atoms with Gasteiger partial charge in [0.05, 0.1) is 19.4 Å². The van der Waals surface area contributed by atoms with Crippen molar-refractivity contribution in [1.82, 2.24) is 4.98 Å². The van der Waals surface area contributed by atoms with Crippen molar-refractivity contribution in [3.8, 4) is 11.6 Å². The molecule has 1 rings (SSSR count). The first-order valence-corrected chi connectivity index (χ1v) is 4.28. The maximum atomic E-state index is 11.9. The standard InChI is InChI=1S/C9H10F3NO3/c1-5-6(4-14)7(15-2)3-8(13-5)16-9(10,11)12/h3,14H,4H2,1-2H3. The largest absolute Gasteiger partial charge is 0.574 e. The fourth-order valence-electron chi connectivity index (χ4n) is 1.19. The Balaban J connectivity index is 3.10. The number of halogens is 3. The molecule has 90 valence electrons. The molecule has 0 saturated heterocycles. The number of ether oxygens (including phenoxy) is 2. The highest BCUT2D eigenvalue weighted by molar-refractivity contribution is 5.39. The Labute approximate surface area is 89.6 Å². The van der Waals surface area contributed by atoms with Crippen molar-refractivity contribution < 1.29 is 27.8 Å². The summed E-state index contributed by atoms with van der Waals surface area (Å²) in [4.78, 5) is 3.56. The van der Waals surface area contributed by atoms with Crippen LogP contribution >= 0.6 is 0 Å². The highest BCUT2D eigenvalue weighted by Gasteiger charge is 2.32. The van der Waals surface area contributed by atoms with Gasteiger partial charge in [-0.2, -0.15) is 0 Å². The second-order valence-corrected chi connectivity index (χ2v) is 2.93. The molecule has 1 heterocycles. The monoisotopic (exact) mass is 237 g/mol. The van der Waals surface area contributed by atoms with Crippen LogP contribution in [-0.4, -0.2) is 23.6 Å². The smallest absolute Gasteiger partial charge is 0.496 e. The quantitative estimate of drug-likeness (QED) is 0.870. The van der Waals surface area contributed by atoms with Crippen LogP contribution in [0, 0.1) is 6.92 Å². The molecule has 0 fully saturated rings. The van der Waals surface area contributed by atoms with Crippen molar-refractivity contribution >= 4 is 0 Å². The third-order valence-electron chi connectivity index (χ3n) is 1.86. The van der Waals surface area contributed by atoms with Gasteiger partial charge >= 0.3 is 6.36 Å². The number of aryl methyl sites for hydroxylation is 1. The van der Waals surface area contributed by atoms with Gasteiger partial charge in [-0.3, -0.25) is 0 Å². The molecule has 0 radical (unpaired) electrons. The van der Waals surface area contributed by atoms with Crippen LogP contribution in [0.25, 0.3) is 0 Å². The molecule has 0 aliphatic rings. The maximum Gasteiger partial charge on any atom is 0.574 e. The third-order valence-corrected chi connectivity index (χ3v) is 1.86. The van der Waals surface area contributed by atoms with Gasteiger partial charge < -0.3 is 14.6 Å². The summed E-state index contributed by atoms with van der Waals surface area (Å²) in [5, 5.41) is 8.97. The van der Waals surface area contributed by atoms with E-state index in [1.165, 1.54) is 14.0 Å². The Bertz CT molecular complexity index is 379. The Morgan fingerprint density at radius 2 is 2.06 bits per heavy atom. The van der Waals surface area contributed by atoms with Crippen LogP contribution in [0.2, 0.25) is 0 Å². The van der Waals surface area contributed by atoms with E-state index in [9.17, 15) is 13.2 Å². The number of nitrogens with zero attached hydrogens (tertiary/aromatic N) is 1. The fraction of sp³-hybridized carbons (Fsp3) is 0.444. The minimum atomic E-state index is -4.80. The van der Waals surface area contributed by atoms with Crippen molar-refractivity contribution in [2.45, 2.75) is 19.9 Å². The lowest BCUT2D eigenvalue weighted by Crippen LogP contribution is -2.18. The van der Waals surface area contributed by atoms with E-state index in [1.807, 2.05) is 0 Å². The molecule has 0 spiro atoms. The first kappa shape index (κ1) is 12.6. The third kappa shape index (κ3) is 2.99. The van der Waals surface area contributed by atoms with Gasteiger partial charge in [-0.25, -0.2) is 4.98 Å². The zero-order valence-electron chi connectivity index (χ0n) is 8.63. The van der Waals surface area contributed by atoms with Crippen LogP contribution in [0.15, 0.2) is 6.07 Å². The molecular weight excluding hydrogens is 227 g/mol. The number of rotatable bonds is 3. The number of hydrogen-bond donors (Lipinski definition) is 1. The number of alkyl halides is 3. The zero-order chi connectivity index (χ0) is 12.3. The Hall–Kier alpha value is -1.50. The van der Waals surface area contributed by atoms with Crippen molar-refractivity contribution in [1.29, 1.82) is 0 Å². The van der Waals surface area contributed by atoms with Crippen molar-refractivity contribution in [2.75, 3.05) is 7.11 Å². The van der Waals surface area contributed by atoms with E-state index in [1.54, 1.807) is 0 Å². The number of methoxy groups -OCH3 is 1. The Kier molecular flexibility index (Phi) is 3.58. The number of pyridine rings is 1. The molecule has 0 amide bonds. The first-order valence-electron chi connectivity index (χ1n) is 4.28. The molecule has 4 nitrogen and oxygen atoms in total. The van der Waals surface area contributed by atoms with Gasteiger partial charge in [0.25, 0.3) is 0 Å². The van der Waals surface area contributed by atoms with Crippen LogP contribution in [0.4, 0.5) is 13.2 Å². The topological polar surface area (TPSA) is 51.6 Å². The summed E-state index contributed by atoms with van der Waals surface area (Å²) in [6.45, 7) is 1.09. The summed E-state index contributed by atoms with van der Waals surface area (Å²) >= 11 is 0. The molecular formula is C9H10F3NO3. The molecule has 0 bridgehead atoms. The fourth-order valence-corrected chi connectivity index (χ4v) is 1.19. The van der Waals surface area contributed by atoms with Crippen molar-refractivity contribution in [3.63, 3.8) is 0 Å². The van der Waals surface area contributed by atoms with Crippen LogP contribution < -0.4 is 9.47 Å². The van der Waals surface area contributed by atoms with Gasteiger partial charge in [-0.1, -0.05) is 0 Å². The van der Waals surface area contributed by atoms with Gasteiger partial charge in [0.2, 0.25) is 5.88 Å². The second kappa shape index (κ2) is 4.56. The normalized spacial score (nSPS) is 11.4.